The van der Waals surface area contributed by atoms with Gasteiger partial charge in [0.05, 0.1) is 5.52 Å². The fourth-order valence-electron chi connectivity index (χ4n) is 3.62. The first-order valence-corrected chi connectivity index (χ1v) is 10.1. The number of tetrazole rings is 1. The van der Waals surface area contributed by atoms with Crippen molar-refractivity contribution in [1.29, 1.82) is 0 Å². The highest BCUT2D eigenvalue weighted by molar-refractivity contribution is 5.84. The minimum absolute atomic E-state index is 0.0984. The topological polar surface area (TPSA) is 76.3 Å². The number of amides is 1. The molecule has 0 aliphatic carbocycles. The summed E-state index contributed by atoms with van der Waals surface area (Å²) in [6.07, 6.45) is 4.00. The quantitative estimate of drug-likeness (QED) is 0.505. The Morgan fingerprint density at radius 3 is 2.70 bits per heavy atom. The van der Waals surface area contributed by atoms with Crippen LogP contribution < -0.4 is 0 Å². The maximum Gasteiger partial charge on any atom is 0.223 e. The summed E-state index contributed by atoms with van der Waals surface area (Å²) < 4.78 is 1.75. The average molecular weight is 403 g/mol. The molecule has 0 spiro atoms. The summed E-state index contributed by atoms with van der Waals surface area (Å²) in [5.74, 6) is 0.0984. The van der Waals surface area contributed by atoms with Crippen molar-refractivity contribution in [2.24, 2.45) is 5.41 Å². The van der Waals surface area contributed by atoms with E-state index in [4.69, 9.17) is 0 Å². The molecule has 3 aromatic heterocycles. The van der Waals surface area contributed by atoms with Gasteiger partial charge in [-0.2, -0.15) is 4.52 Å². The molecule has 0 N–H and O–H groups in total. The van der Waals surface area contributed by atoms with E-state index in [1.807, 2.05) is 29.2 Å². The lowest BCUT2D eigenvalue weighted by atomic mass is 9.91. The molecule has 0 saturated carbocycles. The number of aromatic nitrogens is 5. The van der Waals surface area contributed by atoms with Crippen LogP contribution in [0.5, 0.6) is 0 Å². The first-order valence-electron chi connectivity index (χ1n) is 10.1. The standard InChI is InChI=1S/C23H26N6O/c1-16-7-8-20-18(10-16)11-19(22-25-26-27-29(20)22)15-28(21(30)12-23(2,3)4)14-17-6-5-9-24-13-17/h5-11,13H,12,14-15H2,1-4H3. The number of carbonyl (C=O) groups excluding carboxylic acids is 1. The predicted molar refractivity (Wildman–Crippen MR) is 116 cm³/mol. The van der Waals surface area contributed by atoms with Crippen molar-refractivity contribution >= 4 is 22.5 Å². The van der Waals surface area contributed by atoms with Crippen molar-refractivity contribution < 1.29 is 4.79 Å². The van der Waals surface area contributed by atoms with Crippen LogP contribution in [0.25, 0.3) is 16.6 Å². The number of fused-ring (bicyclic) bond motifs is 3. The minimum Gasteiger partial charge on any atom is -0.334 e. The molecule has 4 rings (SSSR count). The molecule has 3 heterocycles. The molecular formula is C23H26N6O. The maximum absolute atomic E-state index is 13.2. The molecule has 1 amide bonds. The van der Waals surface area contributed by atoms with E-state index >= 15 is 0 Å². The van der Waals surface area contributed by atoms with E-state index in [2.05, 4.69) is 60.3 Å². The Kier molecular flexibility index (Phi) is 5.20. The van der Waals surface area contributed by atoms with Crippen LogP contribution in [-0.4, -0.2) is 35.8 Å². The SMILES string of the molecule is Cc1ccc2c(c1)cc(CN(Cc1cccnc1)C(=O)CC(C)(C)C)c1nnnn12. The van der Waals surface area contributed by atoms with Gasteiger partial charge in [-0.15, -0.1) is 5.10 Å². The van der Waals surface area contributed by atoms with Gasteiger partial charge in [-0.25, -0.2) is 0 Å². The number of nitrogens with zero attached hydrogens (tertiary/aromatic N) is 6. The summed E-state index contributed by atoms with van der Waals surface area (Å²) in [4.78, 5) is 19.3. The largest absolute Gasteiger partial charge is 0.334 e. The Balaban J connectivity index is 1.75. The van der Waals surface area contributed by atoms with Gasteiger partial charge in [0, 0.05) is 42.9 Å². The molecule has 0 atom stereocenters. The van der Waals surface area contributed by atoms with Crippen molar-refractivity contribution in [3.05, 3.63) is 65.5 Å². The van der Waals surface area contributed by atoms with E-state index in [0.717, 1.165) is 27.6 Å². The summed E-state index contributed by atoms with van der Waals surface area (Å²) in [6, 6.07) is 12.2. The lowest BCUT2D eigenvalue weighted by molar-refractivity contribution is -0.134. The summed E-state index contributed by atoms with van der Waals surface area (Å²) >= 11 is 0. The van der Waals surface area contributed by atoms with Gasteiger partial charge in [0.1, 0.15) is 0 Å². The van der Waals surface area contributed by atoms with Gasteiger partial charge in [0.15, 0.2) is 5.65 Å². The third kappa shape index (κ3) is 4.30. The fraction of sp³-hybridized carbons (Fsp3) is 0.348. The van der Waals surface area contributed by atoms with E-state index < -0.39 is 0 Å². The molecule has 0 aliphatic heterocycles. The Morgan fingerprint density at radius 1 is 1.13 bits per heavy atom. The molecule has 0 radical (unpaired) electrons. The molecule has 0 fully saturated rings. The van der Waals surface area contributed by atoms with Crippen LogP contribution in [0.15, 0.2) is 48.8 Å². The molecule has 0 saturated heterocycles. The second-order valence-corrected chi connectivity index (χ2v) is 8.99. The van der Waals surface area contributed by atoms with E-state index in [9.17, 15) is 4.79 Å². The zero-order chi connectivity index (χ0) is 21.3. The first-order chi connectivity index (χ1) is 14.3. The number of hydrogen-bond acceptors (Lipinski definition) is 5. The summed E-state index contributed by atoms with van der Waals surface area (Å²) in [7, 11) is 0. The smallest absolute Gasteiger partial charge is 0.223 e. The summed E-state index contributed by atoms with van der Waals surface area (Å²) in [5.41, 5.74) is 4.60. The second-order valence-electron chi connectivity index (χ2n) is 8.99. The Hall–Kier alpha value is -3.35. The number of hydrogen-bond donors (Lipinski definition) is 0. The van der Waals surface area contributed by atoms with E-state index in [-0.39, 0.29) is 11.3 Å². The van der Waals surface area contributed by atoms with Gasteiger partial charge in [-0.1, -0.05) is 38.5 Å². The molecule has 0 aliphatic rings. The molecule has 30 heavy (non-hydrogen) atoms. The first kappa shape index (κ1) is 19.9. The van der Waals surface area contributed by atoms with Gasteiger partial charge in [0.2, 0.25) is 5.91 Å². The van der Waals surface area contributed by atoms with E-state index in [0.29, 0.717) is 25.2 Å². The van der Waals surface area contributed by atoms with Gasteiger partial charge < -0.3 is 4.90 Å². The average Bonchev–Trinajstić information content (AvgIpc) is 3.17. The third-order valence-electron chi connectivity index (χ3n) is 4.99. The van der Waals surface area contributed by atoms with E-state index in [1.165, 1.54) is 0 Å². The molecular weight excluding hydrogens is 376 g/mol. The van der Waals surface area contributed by atoms with Crippen molar-refractivity contribution in [2.75, 3.05) is 0 Å². The van der Waals surface area contributed by atoms with Gasteiger partial charge in [-0.05, 0) is 52.6 Å². The number of carbonyl (C=O) groups is 1. The van der Waals surface area contributed by atoms with Gasteiger partial charge in [-0.3, -0.25) is 9.78 Å². The van der Waals surface area contributed by atoms with Gasteiger partial charge in [0.25, 0.3) is 0 Å². The molecule has 4 aromatic rings. The zero-order valence-corrected chi connectivity index (χ0v) is 17.8. The fourth-order valence-corrected chi connectivity index (χ4v) is 3.62. The van der Waals surface area contributed by atoms with E-state index in [1.54, 1.807) is 16.9 Å². The van der Waals surface area contributed by atoms with Crippen molar-refractivity contribution in [1.82, 2.24) is 29.9 Å². The minimum atomic E-state index is -0.101. The Morgan fingerprint density at radius 2 is 1.97 bits per heavy atom. The van der Waals surface area contributed by atoms with Crippen LogP contribution >= 0.6 is 0 Å². The predicted octanol–water partition coefficient (Wildman–Crippen LogP) is 3.95. The van der Waals surface area contributed by atoms with Crippen LogP contribution in [0.2, 0.25) is 0 Å². The lowest BCUT2D eigenvalue weighted by Crippen LogP contribution is -2.33. The monoisotopic (exact) mass is 402 g/mol. The molecule has 1 aromatic carbocycles. The zero-order valence-electron chi connectivity index (χ0n) is 17.8. The molecule has 0 unspecified atom stereocenters. The Bertz CT molecular complexity index is 1190. The maximum atomic E-state index is 13.2. The third-order valence-corrected chi connectivity index (χ3v) is 4.99. The van der Waals surface area contributed by atoms with Gasteiger partial charge >= 0.3 is 0 Å². The molecule has 7 heteroatoms. The summed E-state index contributed by atoms with van der Waals surface area (Å²) in [5, 5.41) is 13.3. The lowest BCUT2D eigenvalue weighted by Gasteiger charge is -2.27. The molecule has 7 nitrogen and oxygen atoms in total. The number of benzene rings is 1. The molecule has 154 valence electrons. The van der Waals surface area contributed by atoms with Crippen LogP contribution in [0.3, 0.4) is 0 Å². The van der Waals surface area contributed by atoms with Crippen molar-refractivity contribution in [3.63, 3.8) is 0 Å². The van der Waals surface area contributed by atoms with Crippen LogP contribution in [0.1, 0.15) is 43.9 Å². The normalized spacial score (nSPS) is 11.9. The van der Waals surface area contributed by atoms with Crippen molar-refractivity contribution in [3.8, 4) is 0 Å². The highest BCUT2D eigenvalue weighted by atomic mass is 16.2. The Labute approximate surface area is 175 Å². The number of pyridine rings is 2. The van der Waals surface area contributed by atoms with Crippen LogP contribution in [-0.2, 0) is 17.9 Å². The molecule has 0 bridgehead atoms. The second kappa shape index (κ2) is 7.82. The van der Waals surface area contributed by atoms with Crippen LogP contribution in [0.4, 0.5) is 0 Å². The van der Waals surface area contributed by atoms with Crippen molar-refractivity contribution in [2.45, 2.75) is 47.2 Å². The summed E-state index contributed by atoms with van der Waals surface area (Å²) in [6.45, 7) is 9.20. The number of aryl methyl sites for hydroxylation is 1. The highest BCUT2D eigenvalue weighted by Gasteiger charge is 2.23. The van der Waals surface area contributed by atoms with Crippen LogP contribution in [0, 0.1) is 12.3 Å². The number of rotatable bonds is 5. The highest BCUT2D eigenvalue weighted by Crippen LogP contribution is 2.25.